The van der Waals surface area contributed by atoms with Gasteiger partial charge >= 0.3 is 5.97 Å². The number of hydrogen-bond donors (Lipinski definition) is 1. The molecule has 0 amide bonds. The van der Waals surface area contributed by atoms with Gasteiger partial charge in [-0.2, -0.15) is 0 Å². The van der Waals surface area contributed by atoms with Crippen molar-refractivity contribution in [1.29, 1.82) is 0 Å². The Morgan fingerprint density at radius 1 is 1.43 bits per heavy atom. The largest absolute Gasteiger partial charge is 0.478 e. The van der Waals surface area contributed by atoms with Gasteiger partial charge in [0.1, 0.15) is 0 Å². The number of nitrogens with zero attached hydrogens (tertiary/aromatic N) is 2. The summed E-state index contributed by atoms with van der Waals surface area (Å²) in [4.78, 5) is 23.0. The molecule has 0 aliphatic heterocycles. The molecule has 6 heteroatoms. The summed E-state index contributed by atoms with van der Waals surface area (Å²) in [5, 5.41) is 19.7. The lowest BCUT2D eigenvalue weighted by Gasteiger charge is -2.28. The monoisotopic (exact) mass is 292 g/mol. The lowest BCUT2D eigenvalue weighted by molar-refractivity contribution is -0.385. The lowest BCUT2D eigenvalue weighted by atomic mass is 9.96. The van der Waals surface area contributed by atoms with Gasteiger partial charge in [0.2, 0.25) is 0 Å². The van der Waals surface area contributed by atoms with Crippen LogP contribution in [0.25, 0.3) is 6.08 Å². The number of hydrogen-bond acceptors (Lipinski definition) is 4. The molecule has 0 unspecified atom stereocenters. The quantitative estimate of drug-likeness (QED) is 0.512. The third kappa shape index (κ3) is 5.25. The number of carboxylic acid groups (broad SMARTS) is 1. The van der Waals surface area contributed by atoms with Crippen LogP contribution in [0.1, 0.15) is 26.3 Å². The average molecular weight is 292 g/mol. The molecular weight excluding hydrogens is 272 g/mol. The van der Waals surface area contributed by atoms with Crippen LogP contribution in [0.3, 0.4) is 0 Å². The zero-order chi connectivity index (χ0) is 16.2. The molecule has 1 N–H and O–H groups in total. The summed E-state index contributed by atoms with van der Waals surface area (Å²) in [6.07, 6.45) is 2.14. The Kier molecular flexibility index (Phi) is 5.07. The maximum atomic E-state index is 11.0. The Bertz CT molecular complexity index is 574. The van der Waals surface area contributed by atoms with Crippen molar-refractivity contribution >= 4 is 23.4 Å². The second-order valence-electron chi connectivity index (χ2n) is 6.09. The van der Waals surface area contributed by atoms with Gasteiger partial charge in [-0.3, -0.25) is 10.1 Å². The van der Waals surface area contributed by atoms with Crippen LogP contribution in [0.5, 0.6) is 0 Å². The molecule has 0 radical (unpaired) electrons. The first kappa shape index (κ1) is 16.7. The predicted octanol–water partition coefficient (Wildman–Crippen LogP) is 3.17. The molecule has 0 saturated heterocycles. The Balaban J connectivity index is 3.17. The van der Waals surface area contributed by atoms with Crippen molar-refractivity contribution in [3.8, 4) is 0 Å². The molecular formula is C15H20N2O4. The molecule has 1 rings (SSSR count). The van der Waals surface area contributed by atoms with Crippen molar-refractivity contribution in [3.63, 3.8) is 0 Å². The van der Waals surface area contributed by atoms with Crippen LogP contribution in [0.2, 0.25) is 0 Å². The first-order valence-corrected chi connectivity index (χ1v) is 6.51. The predicted molar refractivity (Wildman–Crippen MR) is 82.5 cm³/mol. The Labute approximate surface area is 123 Å². The minimum absolute atomic E-state index is 0.0770. The van der Waals surface area contributed by atoms with Crippen LogP contribution in [0.15, 0.2) is 24.3 Å². The molecule has 0 atom stereocenters. The molecule has 0 aromatic heterocycles. The van der Waals surface area contributed by atoms with Gasteiger partial charge in [0.15, 0.2) is 0 Å². The summed E-state index contributed by atoms with van der Waals surface area (Å²) in [7, 11) is 1.90. The molecule has 0 bridgehead atoms. The zero-order valence-electron chi connectivity index (χ0n) is 12.7. The number of carboxylic acids is 1. The van der Waals surface area contributed by atoms with Crippen molar-refractivity contribution in [2.75, 3.05) is 18.5 Å². The number of carbonyl (C=O) groups is 1. The third-order valence-corrected chi connectivity index (χ3v) is 2.77. The van der Waals surface area contributed by atoms with Crippen LogP contribution in [0, 0.1) is 15.5 Å². The van der Waals surface area contributed by atoms with Gasteiger partial charge in [0, 0.05) is 31.4 Å². The number of anilines is 1. The molecule has 21 heavy (non-hydrogen) atoms. The molecule has 1 aromatic rings. The molecule has 0 saturated carbocycles. The van der Waals surface area contributed by atoms with Crippen molar-refractivity contribution in [1.82, 2.24) is 0 Å². The van der Waals surface area contributed by atoms with Crippen LogP contribution in [-0.2, 0) is 4.79 Å². The topological polar surface area (TPSA) is 83.7 Å². The summed E-state index contributed by atoms with van der Waals surface area (Å²) in [6.45, 7) is 7.06. The number of aliphatic carboxylic acids is 1. The van der Waals surface area contributed by atoms with Gasteiger partial charge in [-0.25, -0.2) is 4.79 Å². The van der Waals surface area contributed by atoms with E-state index in [4.69, 9.17) is 5.11 Å². The standard InChI is InChI=1S/C15H20N2O4/c1-15(2,3)10-16(4)12-6-7-13(17(20)21)11(9-12)5-8-14(18)19/h5-9H,10H2,1-4H3,(H,18,19)/b8-5+. The summed E-state index contributed by atoms with van der Waals surface area (Å²) >= 11 is 0. The maximum Gasteiger partial charge on any atom is 0.328 e. The second kappa shape index (κ2) is 6.39. The first-order valence-electron chi connectivity index (χ1n) is 6.51. The number of nitro groups is 1. The highest BCUT2D eigenvalue weighted by atomic mass is 16.6. The summed E-state index contributed by atoms with van der Waals surface area (Å²) in [6, 6.07) is 4.70. The van der Waals surface area contributed by atoms with E-state index in [1.54, 1.807) is 12.1 Å². The molecule has 114 valence electrons. The van der Waals surface area contributed by atoms with Gasteiger partial charge in [-0.05, 0) is 23.6 Å². The summed E-state index contributed by atoms with van der Waals surface area (Å²) < 4.78 is 0. The van der Waals surface area contributed by atoms with Crippen molar-refractivity contribution < 1.29 is 14.8 Å². The minimum atomic E-state index is -1.14. The number of benzene rings is 1. The lowest BCUT2D eigenvalue weighted by Crippen LogP contribution is -2.29. The molecule has 0 fully saturated rings. The SMILES string of the molecule is CN(CC(C)(C)C)c1ccc([N+](=O)[O-])c(/C=C/C(=O)O)c1. The van der Waals surface area contributed by atoms with Gasteiger partial charge < -0.3 is 10.0 Å². The molecule has 0 aliphatic rings. The normalized spacial score (nSPS) is 11.6. The number of nitro benzene ring substituents is 1. The van der Waals surface area contributed by atoms with Crippen molar-refractivity contribution in [2.24, 2.45) is 5.41 Å². The van der Waals surface area contributed by atoms with Crippen LogP contribution >= 0.6 is 0 Å². The highest BCUT2D eigenvalue weighted by molar-refractivity contribution is 5.86. The molecule has 0 spiro atoms. The van der Waals surface area contributed by atoms with E-state index < -0.39 is 10.9 Å². The van der Waals surface area contributed by atoms with E-state index in [0.29, 0.717) is 0 Å². The van der Waals surface area contributed by atoms with E-state index >= 15 is 0 Å². The molecule has 0 aliphatic carbocycles. The van der Waals surface area contributed by atoms with Gasteiger partial charge in [-0.15, -0.1) is 0 Å². The van der Waals surface area contributed by atoms with Gasteiger partial charge in [0.05, 0.1) is 10.5 Å². The Hall–Kier alpha value is -2.37. The average Bonchev–Trinajstić information content (AvgIpc) is 2.33. The highest BCUT2D eigenvalue weighted by Crippen LogP contribution is 2.27. The van der Waals surface area contributed by atoms with Crippen molar-refractivity contribution in [3.05, 3.63) is 40.0 Å². The van der Waals surface area contributed by atoms with Crippen LogP contribution in [-0.4, -0.2) is 29.6 Å². The van der Waals surface area contributed by atoms with E-state index in [0.717, 1.165) is 18.3 Å². The maximum absolute atomic E-state index is 11.0. The minimum Gasteiger partial charge on any atom is -0.478 e. The fourth-order valence-electron chi connectivity index (χ4n) is 2.04. The first-order chi connectivity index (χ1) is 9.60. The van der Waals surface area contributed by atoms with Gasteiger partial charge in [0.25, 0.3) is 5.69 Å². The van der Waals surface area contributed by atoms with Crippen LogP contribution < -0.4 is 4.90 Å². The van der Waals surface area contributed by atoms with E-state index in [1.807, 2.05) is 11.9 Å². The van der Waals surface area contributed by atoms with Crippen LogP contribution in [0.4, 0.5) is 11.4 Å². The van der Waals surface area contributed by atoms with E-state index in [1.165, 1.54) is 12.1 Å². The molecule has 1 aromatic carbocycles. The summed E-state index contributed by atoms with van der Waals surface area (Å²) in [5.41, 5.74) is 1.05. The fraction of sp³-hybridized carbons (Fsp3) is 0.400. The van der Waals surface area contributed by atoms with E-state index in [9.17, 15) is 14.9 Å². The zero-order valence-corrected chi connectivity index (χ0v) is 12.7. The summed E-state index contributed by atoms with van der Waals surface area (Å²) in [5.74, 6) is -1.14. The number of rotatable bonds is 5. The van der Waals surface area contributed by atoms with Gasteiger partial charge in [-0.1, -0.05) is 20.8 Å². The third-order valence-electron chi connectivity index (χ3n) is 2.77. The molecule has 6 nitrogen and oxygen atoms in total. The Morgan fingerprint density at radius 2 is 2.05 bits per heavy atom. The smallest absolute Gasteiger partial charge is 0.328 e. The van der Waals surface area contributed by atoms with E-state index in [-0.39, 0.29) is 16.7 Å². The fourth-order valence-corrected chi connectivity index (χ4v) is 2.04. The molecule has 0 heterocycles. The van der Waals surface area contributed by atoms with Crippen molar-refractivity contribution in [2.45, 2.75) is 20.8 Å². The highest BCUT2D eigenvalue weighted by Gasteiger charge is 2.17. The second-order valence-corrected chi connectivity index (χ2v) is 6.09. The van der Waals surface area contributed by atoms with E-state index in [2.05, 4.69) is 20.8 Å². The Morgan fingerprint density at radius 3 is 2.52 bits per heavy atom.